The van der Waals surface area contributed by atoms with Gasteiger partial charge in [0, 0.05) is 44.5 Å². The fraction of sp³-hybridized carbons (Fsp3) is 0.424. The number of rotatable bonds is 6. The van der Waals surface area contributed by atoms with Crippen LogP contribution in [0.4, 0.5) is 15.4 Å². The number of pyridine rings is 1. The second-order valence-corrected chi connectivity index (χ2v) is 11.8. The van der Waals surface area contributed by atoms with Crippen LogP contribution >= 0.6 is 0 Å². The minimum Gasteiger partial charge on any atom is -0.445 e. The zero-order valence-corrected chi connectivity index (χ0v) is 24.3. The van der Waals surface area contributed by atoms with Crippen LogP contribution < -0.4 is 4.90 Å². The van der Waals surface area contributed by atoms with Crippen LogP contribution in [0.1, 0.15) is 49.6 Å². The third-order valence-corrected chi connectivity index (χ3v) is 7.56. The molecule has 1 saturated heterocycles. The van der Waals surface area contributed by atoms with Gasteiger partial charge in [0.15, 0.2) is 0 Å². The predicted molar refractivity (Wildman–Crippen MR) is 159 cm³/mol. The third-order valence-electron chi connectivity index (χ3n) is 7.56. The Kier molecular flexibility index (Phi) is 8.76. The van der Waals surface area contributed by atoms with Crippen molar-refractivity contribution in [3.63, 3.8) is 0 Å². The second-order valence-electron chi connectivity index (χ2n) is 11.8. The van der Waals surface area contributed by atoms with Gasteiger partial charge < -0.3 is 24.2 Å². The molecule has 3 aromatic rings. The zero-order valence-electron chi connectivity index (χ0n) is 24.3. The molecule has 1 aromatic heterocycles. The summed E-state index contributed by atoms with van der Waals surface area (Å²) in [5.41, 5.74) is 3.81. The van der Waals surface area contributed by atoms with Crippen molar-refractivity contribution in [3.05, 3.63) is 95.2 Å². The largest absolute Gasteiger partial charge is 0.445 e. The first-order valence-corrected chi connectivity index (χ1v) is 14.5. The van der Waals surface area contributed by atoms with Gasteiger partial charge in [-0.25, -0.2) is 14.6 Å². The van der Waals surface area contributed by atoms with Crippen molar-refractivity contribution in [2.24, 2.45) is 0 Å². The number of carbonyl (C=O) groups is 2. The summed E-state index contributed by atoms with van der Waals surface area (Å²) in [4.78, 5) is 36.7. The lowest BCUT2D eigenvalue weighted by Gasteiger charge is -2.37. The van der Waals surface area contributed by atoms with Crippen LogP contribution in [0.3, 0.4) is 0 Å². The number of aromatic nitrogens is 1. The summed E-state index contributed by atoms with van der Waals surface area (Å²) >= 11 is 0. The molecule has 1 aliphatic heterocycles. The highest BCUT2D eigenvalue weighted by Crippen LogP contribution is 2.28. The van der Waals surface area contributed by atoms with Crippen molar-refractivity contribution in [2.75, 3.05) is 31.1 Å². The monoisotopic (exact) mass is 556 g/mol. The van der Waals surface area contributed by atoms with E-state index in [1.54, 1.807) is 4.90 Å². The molecule has 1 aliphatic carbocycles. The van der Waals surface area contributed by atoms with Gasteiger partial charge in [0.2, 0.25) is 0 Å². The Morgan fingerprint density at radius 2 is 1.56 bits per heavy atom. The number of aryl methyl sites for hydroxylation is 1. The molecule has 0 unspecified atom stereocenters. The number of fused-ring (bicyclic) bond motifs is 1. The van der Waals surface area contributed by atoms with Crippen molar-refractivity contribution in [1.29, 1.82) is 0 Å². The van der Waals surface area contributed by atoms with Crippen molar-refractivity contribution >= 4 is 18.0 Å². The molecule has 2 amide bonds. The number of hydrogen-bond acceptors (Lipinski definition) is 6. The van der Waals surface area contributed by atoms with E-state index in [2.05, 4.69) is 17.0 Å². The Morgan fingerprint density at radius 3 is 2.22 bits per heavy atom. The van der Waals surface area contributed by atoms with Crippen molar-refractivity contribution < 1.29 is 19.1 Å². The Balaban J connectivity index is 1.23. The molecule has 0 N–H and O–H groups in total. The van der Waals surface area contributed by atoms with Crippen LogP contribution in [0.5, 0.6) is 0 Å². The van der Waals surface area contributed by atoms with Crippen molar-refractivity contribution in [1.82, 2.24) is 14.8 Å². The fourth-order valence-corrected chi connectivity index (χ4v) is 5.39. The van der Waals surface area contributed by atoms with Crippen LogP contribution in [0.15, 0.2) is 72.8 Å². The number of piperazine rings is 1. The summed E-state index contributed by atoms with van der Waals surface area (Å²) in [5.74, 6) is 0.939. The zero-order chi connectivity index (χ0) is 28.8. The predicted octanol–water partition coefficient (Wildman–Crippen LogP) is 5.84. The molecule has 2 aliphatic rings. The molecule has 1 atom stereocenters. The normalized spacial score (nSPS) is 17.0. The van der Waals surface area contributed by atoms with E-state index in [4.69, 9.17) is 14.5 Å². The molecular formula is C33H40N4O4. The topological polar surface area (TPSA) is 75.2 Å². The number of hydrogen-bond donors (Lipinski definition) is 0. The van der Waals surface area contributed by atoms with Gasteiger partial charge in [0.1, 0.15) is 18.0 Å². The first-order chi connectivity index (χ1) is 19.7. The second kappa shape index (κ2) is 12.6. The summed E-state index contributed by atoms with van der Waals surface area (Å²) in [6.07, 6.45) is 1.80. The van der Waals surface area contributed by atoms with Gasteiger partial charge in [-0.1, -0.05) is 66.7 Å². The van der Waals surface area contributed by atoms with E-state index in [1.807, 2.05) is 86.3 Å². The van der Waals surface area contributed by atoms with Gasteiger partial charge in [-0.3, -0.25) is 0 Å². The molecule has 216 valence electrons. The summed E-state index contributed by atoms with van der Waals surface area (Å²) < 4.78 is 11.3. The highest BCUT2D eigenvalue weighted by molar-refractivity contribution is 5.69. The molecule has 2 heterocycles. The third kappa shape index (κ3) is 7.57. The molecule has 0 bridgehead atoms. The molecule has 8 nitrogen and oxygen atoms in total. The molecule has 1 fully saturated rings. The first kappa shape index (κ1) is 28.5. The minimum atomic E-state index is -0.499. The quantitative estimate of drug-likeness (QED) is 0.380. The van der Waals surface area contributed by atoms with E-state index in [9.17, 15) is 9.59 Å². The lowest BCUT2D eigenvalue weighted by atomic mass is 9.90. The van der Waals surface area contributed by atoms with E-state index < -0.39 is 5.60 Å². The molecule has 2 aromatic carbocycles. The average molecular weight is 557 g/mol. The molecule has 41 heavy (non-hydrogen) atoms. The lowest BCUT2D eigenvalue weighted by molar-refractivity contribution is 0.0240. The Hall–Kier alpha value is -4.07. The standard InChI is InChI=1S/C33H40N4O4/c1-33(2,3)41-31(38)36-20-18-35(19-21-36)30-17-14-27-22-28(15-16-29(27)34-30)37(23-25-10-6-4-7-11-25)32(39)40-24-26-12-8-5-9-13-26/h4-14,17,28H,15-16,18-24H2,1-3H3/t28-/m0/s1. The van der Waals surface area contributed by atoms with Crippen LogP contribution in [-0.2, 0) is 35.5 Å². The molecule has 5 rings (SSSR count). The van der Waals surface area contributed by atoms with Crippen molar-refractivity contribution in [2.45, 2.75) is 64.8 Å². The maximum absolute atomic E-state index is 13.4. The first-order valence-electron chi connectivity index (χ1n) is 14.5. The number of anilines is 1. The lowest BCUT2D eigenvalue weighted by Crippen LogP contribution is -2.50. The van der Waals surface area contributed by atoms with Gasteiger partial charge in [0.25, 0.3) is 0 Å². The van der Waals surface area contributed by atoms with E-state index in [1.165, 1.54) is 5.56 Å². The molecule has 0 radical (unpaired) electrons. The van der Waals surface area contributed by atoms with Crippen LogP contribution in [0.2, 0.25) is 0 Å². The summed E-state index contributed by atoms with van der Waals surface area (Å²) in [5, 5.41) is 0. The summed E-state index contributed by atoms with van der Waals surface area (Å²) in [7, 11) is 0. The SMILES string of the molecule is CC(C)(C)OC(=O)N1CCN(c2ccc3c(n2)CC[C@H](N(Cc2ccccc2)C(=O)OCc2ccccc2)C3)CC1. The van der Waals surface area contributed by atoms with Gasteiger partial charge in [-0.15, -0.1) is 0 Å². The number of amides is 2. The Morgan fingerprint density at radius 1 is 0.902 bits per heavy atom. The fourth-order valence-electron chi connectivity index (χ4n) is 5.39. The Labute approximate surface area is 242 Å². The number of benzene rings is 2. The smallest absolute Gasteiger partial charge is 0.410 e. The molecule has 0 spiro atoms. The summed E-state index contributed by atoms with van der Waals surface area (Å²) in [6, 6.07) is 24.1. The molecule has 8 heteroatoms. The summed E-state index contributed by atoms with van der Waals surface area (Å²) in [6.45, 7) is 9.05. The molecule has 0 saturated carbocycles. The minimum absolute atomic E-state index is 0.0241. The number of carbonyl (C=O) groups excluding carboxylic acids is 2. The highest BCUT2D eigenvalue weighted by Gasteiger charge is 2.31. The van der Waals surface area contributed by atoms with Crippen LogP contribution in [0, 0.1) is 0 Å². The van der Waals surface area contributed by atoms with Crippen LogP contribution in [-0.4, -0.2) is 64.8 Å². The van der Waals surface area contributed by atoms with E-state index in [0.717, 1.165) is 41.9 Å². The van der Waals surface area contributed by atoms with Crippen LogP contribution in [0.25, 0.3) is 0 Å². The van der Waals surface area contributed by atoms with Crippen molar-refractivity contribution in [3.8, 4) is 0 Å². The van der Waals surface area contributed by atoms with E-state index in [0.29, 0.717) is 32.7 Å². The maximum atomic E-state index is 13.4. The van der Waals surface area contributed by atoms with E-state index >= 15 is 0 Å². The highest BCUT2D eigenvalue weighted by atomic mass is 16.6. The average Bonchev–Trinajstić information content (AvgIpc) is 2.98. The maximum Gasteiger partial charge on any atom is 0.410 e. The Bertz CT molecular complexity index is 1320. The number of ether oxygens (including phenoxy) is 2. The van der Waals surface area contributed by atoms with E-state index in [-0.39, 0.29) is 24.8 Å². The van der Waals surface area contributed by atoms with Gasteiger partial charge >= 0.3 is 12.2 Å². The molecular weight excluding hydrogens is 516 g/mol. The van der Waals surface area contributed by atoms with Gasteiger partial charge in [-0.05, 0) is 62.8 Å². The van der Waals surface area contributed by atoms with Gasteiger partial charge in [-0.2, -0.15) is 0 Å². The van der Waals surface area contributed by atoms with Gasteiger partial charge in [0.05, 0.1) is 0 Å². The number of nitrogens with zero attached hydrogens (tertiary/aromatic N) is 4.